The van der Waals surface area contributed by atoms with E-state index in [0.29, 0.717) is 0 Å². The highest BCUT2D eigenvalue weighted by Crippen LogP contribution is 2.58. The zero-order valence-electron chi connectivity index (χ0n) is 9.74. The Balaban J connectivity index is 2.51. The summed E-state index contributed by atoms with van der Waals surface area (Å²) in [5.74, 6) is 0. The predicted octanol–water partition coefficient (Wildman–Crippen LogP) is -1.99. The van der Waals surface area contributed by atoms with Crippen molar-refractivity contribution in [1.29, 1.82) is 0 Å². The quantitative estimate of drug-likeness (QED) is 0.335. The first-order chi connectivity index (χ1) is 8.02. The topological polar surface area (TPSA) is 143 Å². The lowest BCUT2D eigenvalue weighted by Gasteiger charge is -2.18. The molecule has 1 saturated heterocycles. The molecule has 0 aromatic heterocycles. The van der Waals surface area contributed by atoms with E-state index in [1.54, 1.807) is 0 Å². The molecular weight excluding hydrogens is 289 g/mol. The van der Waals surface area contributed by atoms with Gasteiger partial charge in [0.1, 0.15) is 26.2 Å². The summed E-state index contributed by atoms with van der Waals surface area (Å²) >= 11 is 0. The van der Waals surface area contributed by atoms with Gasteiger partial charge in [0.15, 0.2) is 0 Å². The van der Waals surface area contributed by atoms with Crippen molar-refractivity contribution in [2.75, 3.05) is 13.3 Å². The Morgan fingerprint density at radius 2 is 1.83 bits per heavy atom. The maximum absolute atomic E-state index is 11.5. The maximum atomic E-state index is 11.5. The number of rotatable bonds is 5. The first-order valence-corrected chi connectivity index (χ1v) is 8.54. The number of hydrogen-bond acceptors (Lipinski definition) is 7. The van der Waals surface area contributed by atoms with Gasteiger partial charge >= 0.3 is 15.4 Å². The molecule has 1 aliphatic rings. The third-order valence-electron chi connectivity index (χ3n) is 2.33. The largest absolute Gasteiger partial charge is 0.476 e. The van der Waals surface area contributed by atoms with Crippen molar-refractivity contribution in [3.05, 3.63) is 0 Å². The van der Waals surface area contributed by atoms with Crippen LogP contribution >= 0.6 is 15.4 Å². The molecule has 0 radical (unpaired) electrons. The average Bonchev–Trinajstić information content (AvgIpc) is 2.39. The van der Waals surface area contributed by atoms with E-state index in [9.17, 15) is 19.3 Å². The first-order valence-electron chi connectivity index (χ1n) is 5.02. The minimum Gasteiger partial charge on any atom is -0.388 e. The van der Waals surface area contributed by atoms with Crippen LogP contribution < -0.4 is 0 Å². The summed E-state index contributed by atoms with van der Waals surface area (Å²) in [7, 11) is -7.36. The Morgan fingerprint density at radius 1 is 1.28 bits per heavy atom. The number of phosphoric acid groups is 1. The molecule has 0 amide bonds. The Labute approximate surface area is 104 Å². The van der Waals surface area contributed by atoms with Crippen LogP contribution in [0.4, 0.5) is 0 Å². The molecule has 0 aromatic carbocycles. The zero-order valence-corrected chi connectivity index (χ0v) is 11.5. The molecule has 1 rings (SSSR count). The fourth-order valence-corrected chi connectivity index (χ4v) is 3.65. The van der Waals surface area contributed by atoms with Crippen LogP contribution in [0.25, 0.3) is 0 Å². The lowest BCUT2D eigenvalue weighted by Crippen LogP contribution is -2.34. The van der Waals surface area contributed by atoms with Crippen LogP contribution in [0.15, 0.2) is 0 Å². The molecule has 1 heterocycles. The molecule has 9 nitrogen and oxygen atoms in total. The van der Waals surface area contributed by atoms with Gasteiger partial charge in [-0.25, -0.2) is 8.88 Å². The third-order valence-corrected chi connectivity index (χ3v) is 4.98. The van der Waals surface area contributed by atoms with Crippen molar-refractivity contribution in [2.45, 2.75) is 24.3 Å². The van der Waals surface area contributed by atoms with Crippen molar-refractivity contribution in [3.8, 4) is 0 Å². The number of aliphatic hydroxyl groups excluding tert-OH is 2. The van der Waals surface area contributed by atoms with Gasteiger partial charge in [-0.2, -0.15) is 0 Å². The van der Waals surface area contributed by atoms with Crippen molar-refractivity contribution in [2.24, 2.45) is 0 Å². The van der Waals surface area contributed by atoms with Crippen molar-refractivity contribution in [3.63, 3.8) is 0 Å². The minimum absolute atomic E-state index is 0.420. The van der Waals surface area contributed by atoms with Crippen LogP contribution in [0, 0.1) is 0 Å². The molecule has 1 aliphatic heterocycles. The summed E-state index contributed by atoms with van der Waals surface area (Å²) in [5.41, 5.74) is 0. The highest BCUT2D eigenvalue weighted by Gasteiger charge is 2.41. The van der Waals surface area contributed by atoms with E-state index in [0.717, 1.165) is 6.66 Å². The van der Waals surface area contributed by atoms with Crippen LogP contribution in [-0.4, -0.2) is 65.4 Å². The van der Waals surface area contributed by atoms with E-state index in [-0.39, 0.29) is 0 Å². The number of hydrogen-bond donors (Lipinski definition) is 4. The van der Waals surface area contributed by atoms with E-state index in [4.69, 9.17) is 19.0 Å². The minimum atomic E-state index is -4.93. The Bertz CT molecular complexity index is 383. The second-order valence-corrected chi connectivity index (χ2v) is 7.44. The Kier molecular flexibility index (Phi) is 5.17. The molecule has 5 atom stereocenters. The second-order valence-electron chi connectivity index (χ2n) is 4.00. The summed E-state index contributed by atoms with van der Waals surface area (Å²) in [6.07, 6.45) is -3.27. The van der Waals surface area contributed by atoms with Crippen LogP contribution in [0.2, 0.25) is 0 Å². The number of aliphatic hydroxyl groups is 2. The monoisotopic (exact) mass is 304 g/mol. The van der Waals surface area contributed by atoms with Gasteiger partial charge in [-0.15, -0.1) is 0 Å². The van der Waals surface area contributed by atoms with E-state index >= 15 is 0 Å². The van der Waals surface area contributed by atoms with Gasteiger partial charge in [0.25, 0.3) is 0 Å². The van der Waals surface area contributed by atoms with E-state index < -0.39 is 46.3 Å². The molecule has 0 saturated carbocycles. The molecule has 0 spiro atoms. The molecule has 1 fully saturated rings. The molecule has 0 aliphatic carbocycles. The molecule has 2 unspecified atom stereocenters. The van der Waals surface area contributed by atoms with Crippen molar-refractivity contribution >= 4 is 23.3 Å². The fraction of sp³-hybridized carbons (Fsp3) is 1.00. The first kappa shape index (κ1) is 16.3. The molecule has 0 aromatic rings. The molecule has 12 heteroatoms. The summed E-state index contributed by atoms with van der Waals surface area (Å²) in [6.45, 7) is 0.462. The van der Waals surface area contributed by atoms with Gasteiger partial charge in [-0.1, -0.05) is 0 Å². The highest BCUT2D eigenvalue weighted by molar-refractivity contribution is 7.63. The Hall–Kier alpha value is 0.245. The van der Waals surface area contributed by atoms with Gasteiger partial charge in [-0.3, -0.25) is 4.57 Å². The summed E-state index contributed by atoms with van der Waals surface area (Å²) < 4.78 is 35.8. The SMILES string of the molecule is B[C@@H]1OC(COP(C)(=O)OP(=O)(O)O)[C@@H](O)[C@H]1O. The van der Waals surface area contributed by atoms with E-state index in [2.05, 4.69) is 4.31 Å². The van der Waals surface area contributed by atoms with Crippen LogP contribution in [-0.2, 0) is 22.7 Å². The molecule has 106 valence electrons. The molecular formula is C6H15BO9P2. The second kappa shape index (κ2) is 5.70. The highest BCUT2D eigenvalue weighted by atomic mass is 31.3. The molecule has 4 N–H and O–H groups in total. The normalized spacial score (nSPS) is 36.5. The van der Waals surface area contributed by atoms with E-state index in [1.165, 1.54) is 7.85 Å². The standard InChI is InChI=1S/C6H15BO9P2/c1-17(10,16-18(11,12)13)14-2-3-4(8)5(9)6(7)15-3/h3-6,8-9H,2,7H2,1H3,(H2,11,12,13)/t3?,4-,5-,6-,17?/m1/s1. The van der Waals surface area contributed by atoms with Crippen LogP contribution in [0.1, 0.15) is 0 Å². The van der Waals surface area contributed by atoms with Gasteiger partial charge in [0, 0.05) is 6.66 Å². The van der Waals surface area contributed by atoms with Gasteiger partial charge in [0.05, 0.1) is 12.6 Å². The lowest BCUT2D eigenvalue weighted by molar-refractivity contribution is -0.00439. The van der Waals surface area contributed by atoms with E-state index in [1.807, 2.05) is 0 Å². The van der Waals surface area contributed by atoms with Crippen molar-refractivity contribution < 1.29 is 42.7 Å². The number of ether oxygens (including phenoxy) is 1. The van der Waals surface area contributed by atoms with Crippen LogP contribution in [0.5, 0.6) is 0 Å². The fourth-order valence-electron chi connectivity index (χ4n) is 1.50. The van der Waals surface area contributed by atoms with Crippen molar-refractivity contribution in [1.82, 2.24) is 0 Å². The summed E-state index contributed by atoms with van der Waals surface area (Å²) in [4.78, 5) is 17.0. The third kappa shape index (κ3) is 4.73. The Morgan fingerprint density at radius 3 is 2.22 bits per heavy atom. The molecule has 18 heavy (non-hydrogen) atoms. The molecule has 0 bridgehead atoms. The lowest BCUT2D eigenvalue weighted by atomic mass is 9.93. The smallest absolute Gasteiger partial charge is 0.388 e. The predicted molar refractivity (Wildman–Crippen MR) is 61.8 cm³/mol. The summed E-state index contributed by atoms with van der Waals surface area (Å²) in [5, 5.41) is 18.9. The van der Waals surface area contributed by atoms with Gasteiger partial charge in [0.2, 0.25) is 0 Å². The zero-order chi connectivity index (χ0) is 14.1. The average molecular weight is 304 g/mol. The van der Waals surface area contributed by atoms with Gasteiger partial charge < -0.3 is 29.3 Å². The maximum Gasteiger partial charge on any atom is 0.476 e. The van der Waals surface area contributed by atoms with Crippen LogP contribution in [0.3, 0.4) is 0 Å². The van der Waals surface area contributed by atoms with Gasteiger partial charge in [-0.05, 0) is 0 Å². The summed E-state index contributed by atoms with van der Waals surface area (Å²) in [6, 6.07) is -0.618.